The van der Waals surface area contributed by atoms with Crippen molar-refractivity contribution in [2.45, 2.75) is 30.7 Å². The molecule has 7 heteroatoms. The summed E-state index contributed by atoms with van der Waals surface area (Å²) in [6.07, 6.45) is 3.88. The number of hydrogen-bond donors (Lipinski definition) is 1. The summed E-state index contributed by atoms with van der Waals surface area (Å²) in [6, 6.07) is 21.0. The molecule has 2 aromatic carbocycles. The molecule has 1 unspecified atom stereocenters. The van der Waals surface area contributed by atoms with E-state index in [0.29, 0.717) is 25.9 Å². The fraction of sp³-hybridized carbons (Fsp3) is 0.280. The first-order valence-corrected chi connectivity index (χ1v) is 12.2. The van der Waals surface area contributed by atoms with E-state index in [-0.39, 0.29) is 22.8 Å². The molecule has 1 aliphatic heterocycles. The number of carbonyl (C=O) groups is 1. The number of benzene rings is 2. The van der Waals surface area contributed by atoms with E-state index in [4.69, 9.17) is 0 Å². The Morgan fingerprint density at radius 3 is 2.25 bits per heavy atom. The van der Waals surface area contributed by atoms with E-state index in [0.717, 1.165) is 16.7 Å². The molecule has 2 heterocycles. The lowest BCUT2D eigenvalue weighted by Crippen LogP contribution is -2.43. The lowest BCUT2D eigenvalue weighted by molar-refractivity contribution is -0.126. The lowest BCUT2D eigenvalue weighted by Gasteiger charge is -2.31. The van der Waals surface area contributed by atoms with Gasteiger partial charge in [0.15, 0.2) is 0 Å². The van der Waals surface area contributed by atoms with Crippen LogP contribution in [-0.4, -0.2) is 36.7 Å². The highest BCUT2D eigenvalue weighted by molar-refractivity contribution is 7.89. The van der Waals surface area contributed by atoms with Crippen LogP contribution in [0, 0.1) is 12.8 Å². The van der Waals surface area contributed by atoms with Gasteiger partial charge in [-0.15, -0.1) is 0 Å². The fourth-order valence-electron chi connectivity index (χ4n) is 4.03. The van der Waals surface area contributed by atoms with Crippen molar-refractivity contribution in [3.63, 3.8) is 0 Å². The average Bonchev–Trinajstić information content (AvgIpc) is 2.84. The van der Waals surface area contributed by atoms with Crippen molar-refractivity contribution < 1.29 is 13.2 Å². The number of piperidine rings is 1. The molecule has 0 bridgehead atoms. The van der Waals surface area contributed by atoms with E-state index >= 15 is 0 Å². The number of rotatable bonds is 6. The first kappa shape index (κ1) is 22.2. The Balaban J connectivity index is 1.45. The average molecular weight is 450 g/mol. The highest BCUT2D eigenvalue weighted by Crippen LogP contribution is 2.27. The second kappa shape index (κ2) is 9.63. The maximum atomic E-state index is 13.2. The third-order valence-corrected chi connectivity index (χ3v) is 7.81. The molecule has 0 radical (unpaired) electrons. The van der Waals surface area contributed by atoms with E-state index < -0.39 is 10.0 Å². The molecule has 1 fully saturated rings. The van der Waals surface area contributed by atoms with Gasteiger partial charge in [-0.25, -0.2) is 8.42 Å². The molecule has 32 heavy (non-hydrogen) atoms. The summed E-state index contributed by atoms with van der Waals surface area (Å²) in [7, 11) is -3.59. The van der Waals surface area contributed by atoms with Crippen LogP contribution >= 0.6 is 0 Å². The zero-order chi connectivity index (χ0) is 22.6. The summed E-state index contributed by atoms with van der Waals surface area (Å²) >= 11 is 0. The Bertz CT molecular complexity index is 1140. The van der Waals surface area contributed by atoms with Gasteiger partial charge in [0.2, 0.25) is 15.9 Å². The number of nitrogens with zero attached hydrogens (tertiary/aromatic N) is 2. The molecule has 0 saturated carbocycles. The summed E-state index contributed by atoms with van der Waals surface area (Å²) in [5.41, 5.74) is 3.20. The van der Waals surface area contributed by atoms with Gasteiger partial charge in [-0.3, -0.25) is 9.78 Å². The van der Waals surface area contributed by atoms with Gasteiger partial charge in [-0.2, -0.15) is 4.31 Å². The summed E-state index contributed by atoms with van der Waals surface area (Å²) in [5, 5.41) is 3.21. The lowest BCUT2D eigenvalue weighted by atomic mass is 9.94. The second-order valence-corrected chi connectivity index (χ2v) is 10.1. The highest BCUT2D eigenvalue weighted by Gasteiger charge is 2.33. The predicted molar refractivity (Wildman–Crippen MR) is 123 cm³/mol. The van der Waals surface area contributed by atoms with E-state index in [1.807, 2.05) is 61.5 Å². The maximum absolute atomic E-state index is 13.2. The van der Waals surface area contributed by atoms with Gasteiger partial charge in [-0.05, 0) is 43.0 Å². The number of hydrogen-bond acceptors (Lipinski definition) is 4. The van der Waals surface area contributed by atoms with Gasteiger partial charge < -0.3 is 5.32 Å². The maximum Gasteiger partial charge on any atom is 0.244 e. The summed E-state index contributed by atoms with van der Waals surface area (Å²) in [6.45, 7) is 2.67. The van der Waals surface area contributed by atoms with Crippen molar-refractivity contribution in [2.75, 3.05) is 13.1 Å². The number of nitrogens with one attached hydrogen (secondary N) is 1. The molecule has 1 atom stereocenters. The van der Waals surface area contributed by atoms with Gasteiger partial charge in [0.1, 0.15) is 4.90 Å². The summed E-state index contributed by atoms with van der Waals surface area (Å²) in [4.78, 5) is 17.3. The predicted octanol–water partition coefficient (Wildman–Crippen LogP) is 3.70. The molecule has 1 saturated heterocycles. The molecule has 4 rings (SSSR count). The largest absolute Gasteiger partial charge is 0.345 e. The van der Waals surface area contributed by atoms with Crippen molar-refractivity contribution in [2.24, 2.45) is 5.92 Å². The Labute approximate surface area is 189 Å². The molecule has 0 aliphatic carbocycles. The van der Waals surface area contributed by atoms with Crippen molar-refractivity contribution in [1.82, 2.24) is 14.6 Å². The summed E-state index contributed by atoms with van der Waals surface area (Å²) < 4.78 is 27.1. The Morgan fingerprint density at radius 2 is 1.62 bits per heavy atom. The zero-order valence-electron chi connectivity index (χ0n) is 18.0. The van der Waals surface area contributed by atoms with Gasteiger partial charge >= 0.3 is 0 Å². The number of sulfonamides is 1. The van der Waals surface area contributed by atoms with Crippen molar-refractivity contribution in [3.8, 4) is 0 Å². The Kier molecular flexibility index (Phi) is 6.67. The van der Waals surface area contributed by atoms with Gasteiger partial charge in [0.25, 0.3) is 0 Å². The smallest absolute Gasteiger partial charge is 0.244 e. The van der Waals surface area contributed by atoms with Crippen LogP contribution in [0.3, 0.4) is 0 Å². The molecule has 3 aromatic rings. The monoisotopic (exact) mass is 449 g/mol. The molecule has 1 N–H and O–H groups in total. The first-order valence-electron chi connectivity index (χ1n) is 10.8. The highest BCUT2D eigenvalue weighted by atomic mass is 32.2. The van der Waals surface area contributed by atoms with Gasteiger partial charge in [-0.1, -0.05) is 60.2 Å². The number of aromatic nitrogens is 1. The van der Waals surface area contributed by atoms with Crippen molar-refractivity contribution >= 4 is 15.9 Å². The van der Waals surface area contributed by atoms with Crippen LogP contribution in [0.25, 0.3) is 0 Å². The van der Waals surface area contributed by atoms with Crippen LogP contribution in [0.2, 0.25) is 0 Å². The molecule has 1 amide bonds. The molecule has 6 nitrogen and oxygen atoms in total. The summed E-state index contributed by atoms with van der Waals surface area (Å²) in [5.74, 6) is -0.273. The number of aryl methyl sites for hydroxylation is 1. The minimum absolute atomic E-state index is 0.0437. The van der Waals surface area contributed by atoms with Crippen LogP contribution in [0.15, 0.2) is 84.0 Å². The van der Waals surface area contributed by atoms with Crippen molar-refractivity contribution in [1.29, 1.82) is 0 Å². The standard InChI is InChI=1S/C25H27N3O3S/c1-19-9-11-21(12-10-19)24(20-6-3-2-4-7-20)27-25(29)22-13-16-28(17-14-22)32(30,31)23-8-5-15-26-18-23/h2-12,15,18,22,24H,13-14,16-17H2,1H3,(H,27,29). The quantitative estimate of drug-likeness (QED) is 0.622. The number of amides is 1. The third kappa shape index (κ3) is 4.89. The molecule has 1 aromatic heterocycles. The van der Waals surface area contributed by atoms with E-state index in [9.17, 15) is 13.2 Å². The Hall–Kier alpha value is -3.03. The molecule has 1 aliphatic rings. The van der Waals surface area contributed by atoms with Crippen LogP contribution in [0.4, 0.5) is 0 Å². The second-order valence-electron chi connectivity index (χ2n) is 8.13. The first-order chi connectivity index (χ1) is 15.4. The minimum atomic E-state index is -3.59. The third-order valence-electron chi connectivity index (χ3n) is 5.93. The van der Waals surface area contributed by atoms with Gasteiger partial charge in [0, 0.05) is 31.4 Å². The molecule has 0 spiro atoms. The zero-order valence-corrected chi connectivity index (χ0v) is 18.8. The normalized spacial score (nSPS) is 16.4. The van der Waals surface area contributed by atoms with Crippen LogP contribution in [-0.2, 0) is 14.8 Å². The van der Waals surface area contributed by atoms with E-state index in [2.05, 4.69) is 10.3 Å². The minimum Gasteiger partial charge on any atom is -0.345 e. The van der Waals surface area contributed by atoms with Crippen molar-refractivity contribution in [3.05, 3.63) is 95.8 Å². The topological polar surface area (TPSA) is 79.4 Å². The van der Waals surface area contributed by atoms with Crippen LogP contribution < -0.4 is 5.32 Å². The van der Waals surface area contributed by atoms with Crippen LogP contribution in [0.5, 0.6) is 0 Å². The molecular formula is C25H27N3O3S. The van der Waals surface area contributed by atoms with E-state index in [1.165, 1.54) is 10.5 Å². The molecular weight excluding hydrogens is 422 g/mol. The SMILES string of the molecule is Cc1ccc(C(NC(=O)C2CCN(S(=O)(=O)c3cccnc3)CC2)c2ccccc2)cc1. The number of carbonyl (C=O) groups excluding carboxylic acids is 1. The fourth-order valence-corrected chi connectivity index (χ4v) is 5.46. The number of pyridine rings is 1. The van der Waals surface area contributed by atoms with E-state index in [1.54, 1.807) is 18.3 Å². The van der Waals surface area contributed by atoms with Crippen LogP contribution in [0.1, 0.15) is 35.6 Å². The van der Waals surface area contributed by atoms with Gasteiger partial charge in [0.05, 0.1) is 6.04 Å². The molecule has 166 valence electrons. The Morgan fingerprint density at radius 1 is 0.969 bits per heavy atom.